The minimum Gasteiger partial charge on any atom is -0.398 e. The van der Waals surface area contributed by atoms with Crippen molar-refractivity contribution in [1.82, 2.24) is 10.4 Å². The van der Waals surface area contributed by atoms with E-state index in [9.17, 15) is 23.2 Å². The lowest BCUT2D eigenvalue weighted by molar-refractivity contribution is 0.0484. The quantitative estimate of drug-likeness (QED) is 0.405. The second-order valence-corrected chi connectivity index (χ2v) is 5.97. The number of hydrogen-bond acceptors (Lipinski definition) is 4. The summed E-state index contributed by atoms with van der Waals surface area (Å²) >= 11 is 0. The van der Waals surface area contributed by atoms with Crippen molar-refractivity contribution >= 4 is 23.4 Å². The second-order valence-electron chi connectivity index (χ2n) is 5.97. The summed E-state index contributed by atoms with van der Waals surface area (Å²) in [5.74, 6) is -5.19. The average molecular weight is 395 g/mol. The first-order valence-electron chi connectivity index (χ1n) is 8.43. The fraction of sp³-hybridized carbons (Fsp3) is 0. The predicted molar refractivity (Wildman–Crippen MR) is 102 cm³/mol. The zero-order valence-electron chi connectivity index (χ0n) is 14.9. The van der Waals surface area contributed by atoms with E-state index in [2.05, 4.69) is 5.43 Å². The van der Waals surface area contributed by atoms with Crippen molar-refractivity contribution in [2.45, 2.75) is 0 Å². The standard InChI is InChI=1S/C21H15F2N3O3/c22-16-11-15(18(24)12-17(16)23)19(27)25-26(20(28)13-7-3-1-4-8-13)21(29)14-9-5-2-6-10-14/h1-12H,24H2,(H,25,27). The Morgan fingerprint density at radius 3 is 1.69 bits per heavy atom. The molecule has 6 nitrogen and oxygen atoms in total. The molecule has 0 unspecified atom stereocenters. The molecule has 0 saturated carbocycles. The minimum absolute atomic E-state index is 0.135. The zero-order chi connectivity index (χ0) is 21.0. The smallest absolute Gasteiger partial charge is 0.279 e. The van der Waals surface area contributed by atoms with Crippen LogP contribution in [0.5, 0.6) is 0 Å². The normalized spacial score (nSPS) is 10.3. The molecule has 3 amide bonds. The van der Waals surface area contributed by atoms with Gasteiger partial charge >= 0.3 is 0 Å². The first-order chi connectivity index (χ1) is 13.9. The monoisotopic (exact) mass is 395 g/mol. The number of amides is 3. The molecule has 0 aromatic heterocycles. The summed E-state index contributed by atoms with van der Waals surface area (Å²) in [6, 6.07) is 16.8. The molecule has 29 heavy (non-hydrogen) atoms. The third kappa shape index (κ3) is 4.27. The number of nitrogens with zero attached hydrogens (tertiary/aromatic N) is 1. The van der Waals surface area contributed by atoms with Gasteiger partial charge in [-0.1, -0.05) is 36.4 Å². The molecule has 0 aliphatic rings. The first kappa shape index (κ1) is 19.7. The van der Waals surface area contributed by atoms with Gasteiger partial charge in [0.25, 0.3) is 17.7 Å². The fourth-order valence-electron chi connectivity index (χ4n) is 2.53. The lowest BCUT2D eigenvalue weighted by Gasteiger charge is -2.22. The van der Waals surface area contributed by atoms with E-state index in [0.717, 1.165) is 0 Å². The molecule has 0 spiro atoms. The minimum atomic E-state index is -1.29. The molecule has 8 heteroatoms. The molecule has 3 aromatic rings. The third-order valence-corrected chi connectivity index (χ3v) is 4.00. The lowest BCUT2D eigenvalue weighted by Crippen LogP contribution is -2.50. The molecular weight excluding hydrogens is 380 g/mol. The first-order valence-corrected chi connectivity index (χ1v) is 8.43. The molecule has 0 fully saturated rings. The maximum absolute atomic E-state index is 13.5. The van der Waals surface area contributed by atoms with Crippen molar-refractivity contribution in [3.8, 4) is 0 Å². The van der Waals surface area contributed by atoms with Gasteiger partial charge in [0.15, 0.2) is 11.6 Å². The van der Waals surface area contributed by atoms with Gasteiger partial charge in [-0.25, -0.2) is 8.78 Å². The maximum atomic E-state index is 13.5. The number of halogens is 2. The Hall–Kier alpha value is -4.07. The summed E-state index contributed by atoms with van der Waals surface area (Å²) in [5, 5.41) is 0.508. The van der Waals surface area contributed by atoms with Crippen molar-refractivity contribution in [2.75, 3.05) is 5.73 Å². The molecule has 0 saturated heterocycles. The molecule has 146 valence electrons. The Kier molecular flexibility index (Phi) is 5.64. The van der Waals surface area contributed by atoms with Crippen LogP contribution in [0.4, 0.5) is 14.5 Å². The van der Waals surface area contributed by atoms with Gasteiger partial charge in [0.2, 0.25) is 0 Å². The van der Waals surface area contributed by atoms with Crippen LogP contribution < -0.4 is 11.2 Å². The Bertz CT molecular complexity index is 1020. The molecule has 3 rings (SSSR count). The van der Waals surface area contributed by atoms with Crippen molar-refractivity contribution in [2.24, 2.45) is 0 Å². The average Bonchev–Trinajstić information content (AvgIpc) is 2.74. The van der Waals surface area contributed by atoms with Gasteiger partial charge < -0.3 is 5.73 Å². The van der Waals surface area contributed by atoms with Crippen LogP contribution in [-0.2, 0) is 0 Å². The number of anilines is 1. The van der Waals surface area contributed by atoms with Gasteiger partial charge in [0, 0.05) is 22.9 Å². The second kappa shape index (κ2) is 8.30. The molecule has 0 aliphatic heterocycles. The van der Waals surface area contributed by atoms with Crippen LogP contribution in [0.15, 0.2) is 72.8 Å². The number of carbonyl (C=O) groups excluding carboxylic acids is 3. The number of nitrogens with one attached hydrogen (secondary N) is 1. The van der Waals surface area contributed by atoms with E-state index in [1.165, 1.54) is 24.3 Å². The predicted octanol–water partition coefficient (Wildman–Crippen LogP) is 3.17. The van der Waals surface area contributed by atoms with Gasteiger partial charge in [0.05, 0.1) is 5.56 Å². The number of imide groups is 1. The maximum Gasteiger partial charge on any atom is 0.279 e. The largest absolute Gasteiger partial charge is 0.398 e. The highest BCUT2D eigenvalue weighted by molar-refractivity contribution is 6.12. The van der Waals surface area contributed by atoms with E-state index < -0.39 is 34.9 Å². The van der Waals surface area contributed by atoms with Crippen molar-refractivity contribution in [3.63, 3.8) is 0 Å². The van der Waals surface area contributed by atoms with E-state index >= 15 is 0 Å². The Balaban J connectivity index is 1.97. The van der Waals surface area contributed by atoms with Crippen molar-refractivity contribution in [3.05, 3.63) is 101 Å². The van der Waals surface area contributed by atoms with Crippen LogP contribution in [0.1, 0.15) is 31.1 Å². The molecule has 3 aromatic carbocycles. The van der Waals surface area contributed by atoms with Crippen LogP contribution in [0.3, 0.4) is 0 Å². The van der Waals surface area contributed by atoms with Crippen LogP contribution in [-0.4, -0.2) is 22.7 Å². The van der Waals surface area contributed by atoms with Gasteiger partial charge in [0.1, 0.15) is 0 Å². The van der Waals surface area contributed by atoms with Crippen molar-refractivity contribution < 1.29 is 23.2 Å². The molecule has 0 atom stereocenters. The van der Waals surface area contributed by atoms with Crippen molar-refractivity contribution in [1.29, 1.82) is 0 Å². The topological polar surface area (TPSA) is 92.5 Å². The van der Waals surface area contributed by atoms with E-state index in [0.29, 0.717) is 17.1 Å². The summed E-state index contributed by atoms with van der Waals surface area (Å²) in [4.78, 5) is 38.3. The zero-order valence-corrected chi connectivity index (χ0v) is 14.9. The summed E-state index contributed by atoms with van der Waals surface area (Å²) in [7, 11) is 0. The highest BCUT2D eigenvalue weighted by atomic mass is 19.2. The van der Waals surface area contributed by atoms with E-state index in [4.69, 9.17) is 5.73 Å². The lowest BCUT2D eigenvalue weighted by atomic mass is 10.1. The molecule has 0 heterocycles. The number of hydrogen-bond donors (Lipinski definition) is 2. The van der Waals surface area contributed by atoms with Crippen LogP contribution in [0, 0.1) is 11.6 Å². The van der Waals surface area contributed by atoms with Crippen LogP contribution in [0.25, 0.3) is 0 Å². The fourth-order valence-corrected chi connectivity index (χ4v) is 2.53. The highest BCUT2D eigenvalue weighted by Gasteiger charge is 2.27. The van der Waals surface area contributed by atoms with E-state index in [1.54, 1.807) is 36.4 Å². The van der Waals surface area contributed by atoms with Gasteiger partial charge in [-0.05, 0) is 30.3 Å². The SMILES string of the molecule is Nc1cc(F)c(F)cc1C(=O)NN(C(=O)c1ccccc1)C(=O)c1ccccc1. The highest BCUT2D eigenvalue weighted by Crippen LogP contribution is 2.18. The Morgan fingerprint density at radius 1 is 0.759 bits per heavy atom. The number of hydrazine groups is 1. The third-order valence-electron chi connectivity index (χ3n) is 4.00. The number of rotatable bonds is 3. The van der Waals surface area contributed by atoms with Crippen LogP contribution in [0.2, 0.25) is 0 Å². The molecule has 0 radical (unpaired) electrons. The molecule has 0 bridgehead atoms. The summed E-state index contributed by atoms with van der Waals surface area (Å²) in [6.07, 6.45) is 0. The number of benzene rings is 3. The van der Waals surface area contributed by atoms with Gasteiger partial charge in [-0.15, -0.1) is 0 Å². The number of nitrogens with two attached hydrogens (primary N) is 1. The molecular formula is C21H15F2N3O3. The summed E-state index contributed by atoms with van der Waals surface area (Å²) in [6.45, 7) is 0. The van der Waals surface area contributed by atoms with E-state index in [-0.39, 0.29) is 16.8 Å². The molecule has 3 N–H and O–H groups in total. The Morgan fingerprint density at radius 2 is 1.21 bits per heavy atom. The Labute approximate surface area is 164 Å². The van der Waals surface area contributed by atoms with Gasteiger partial charge in [-0.3, -0.25) is 19.8 Å². The summed E-state index contributed by atoms with van der Waals surface area (Å²) < 4.78 is 26.8. The summed E-state index contributed by atoms with van der Waals surface area (Å²) in [5.41, 5.74) is 7.23. The van der Waals surface area contributed by atoms with E-state index in [1.807, 2.05) is 0 Å². The number of nitrogen functional groups attached to an aromatic ring is 1. The van der Waals surface area contributed by atoms with Gasteiger partial charge in [-0.2, -0.15) is 5.01 Å². The number of carbonyl (C=O) groups is 3. The molecule has 0 aliphatic carbocycles. The van der Waals surface area contributed by atoms with Crippen LogP contribution >= 0.6 is 0 Å².